The van der Waals surface area contributed by atoms with E-state index in [1.165, 1.54) is 16.0 Å². The number of rotatable bonds is 7. The highest BCUT2D eigenvalue weighted by atomic mass is 32.2. The quantitative estimate of drug-likeness (QED) is 0.756. The van der Waals surface area contributed by atoms with Gasteiger partial charge in [0, 0.05) is 22.3 Å². The zero-order chi connectivity index (χ0) is 15.2. The molecule has 0 aliphatic heterocycles. The second-order valence-corrected chi connectivity index (χ2v) is 6.39. The van der Waals surface area contributed by atoms with Crippen molar-refractivity contribution in [3.05, 3.63) is 46.8 Å². The molecule has 0 radical (unpaired) electrons. The van der Waals surface area contributed by atoms with Gasteiger partial charge in [-0.15, -0.1) is 11.8 Å². The molecule has 0 amide bonds. The van der Waals surface area contributed by atoms with E-state index >= 15 is 0 Å². The van der Waals surface area contributed by atoms with Crippen LogP contribution in [-0.2, 0) is 5.75 Å². The van der Waals surface area contributed by atoms with Crippen molar-refractivity contribution >= 4 is 11.8 Å². The van der Waals surface area contributed by atoms with E-state index in [2.05, 4.69) is 48.6 Å². The predicted molar refractivity (Wildman–Crippen MR) is 88.7 cm³/mol. The molecule has 1 unspecified atom stereocenters. The highest BCUT2D eigenvalue weighted by molar-refractivity contribution is 7.98. The number of thioether (sulfide) groups is 1. The molecule has 3 nitrogen and oxygen atoms in total. The maximum absolute atomic E-state index is 5.22. The molecule has 0 saturated carbocycles. The number of benzene rings is 1. The van der Waals surface area contributed by atoms with E-state index in [-0.39, 0.29) is 0 Å². The molecule has 114 valence electrons. The van der Waals surface area contributed by atoms with Crippen molar-refractivity contribution in [2.24, 2.45) is 0 Å². The Hall–Kier alpha value is -1.26. The maximum atomic E-state index is 5.22. The molecule has 2 aromatic rings. The lowest BCUT2D eigenvalue weighted by atomic mass is 10.1. The molecular formula is C17H24N2OS. The normalized spacial score (nSPS) is 12.6. The molecule has 4 heteroatoms. The van der Waals surface area contributed by atoms with Crippen LogP contribution in [0.1, 0.15) is 48.9 Å². The zero-order valence-corrected chi connectivity index (χ0v) is 14.1. The second kappa shape index (κ2) is 7.66. The van der Waals surface area contributed by atoms with Crippen molar-refractivity contribution in [1.29, 1.82) is 0 Å². The van der Waals surface area contributed by atoms with E-state index in [0.717, 1.165) is 30.2 Å². The molecule has 0 fully saturated rings. The Morgan fingerprint density at radius 1 is 1.33 bits per heavy atom. The van der Waals surface area contributed by atoms with Gasteiger partial charge in [0.2, 0.25) is 0 Å². The summed E-state index contributed by atoms with van der Waals surface area (Å²) in [6, 6.07) is 9.15. The van der Waals surface area contributed by atoms with Gasteiger partial charge in [0.05, 0.1) is 5.69 Å². The minimum Gasteiger partial charge on any atom is -0.361 e. The van der Waals surface area contributed by atoms with Crippen molar-refractivity contribution < 1.29 is 4.52 Å². The first-order valence-corrected chi connectivity index (χ1v) is 8.48. The van der Waals surface area contributed by atoms with Gasteiger partial charge < -0.3 is 9.84 Å². The van der Waals surface area contributed by atoms with Crippen molar-refractivity contribution in [2.45, 2.75) is 50.8 Å². The van der Waals surface area contributed by atoms with Gasteiger partial charge in [0.25, 0.3) is 0 Å². The van der Waals surface area contributed by atoms with Crippen LogP contribution in [-0.4, -0.2) is 11.7 Å². The van der Waals surface area contributed by atoms with Crippen LogP contribution in [0.15, 0.2) is 33.7 Å². The Morgan fingerprint density at radius 3 is 2.81 bits per heavy atom. The number of hydrogen-bond donors (Lipinski definition) is 1. The van der Waals surface area contributed by atoms with Gasteiger partial charge >= 0.3 is 0 Å². The highest BCUT2D eigenvalue weighted by Crippen LogP contribution is 2.28. The minimum atomic E-state index is 0.393. The standard InChI is InChI=1S/C17H24N2OS/c1-5-9-18-12(2)15-7-6-8-16(10-15)21-11-17-13(3)19-20-14(17)4/h6-8,10,12,18H,5,9,11H2,1-4H3. The van der Waals surface area contributed by atoms with Gasteiger partial charge in [0.1, 0.15) is 5.76 Å². The summed E-state index contributed by atoms with van der Waals surface area (Å²) in [7, 11) is 0. The Labute approximate surface area is 131 Å². The van der Waals surface area contributed by atoms with Gasteiger partial charge in [-0.1, -0.05) is 24.2 Å². The van der Waals surface area contributed by atoms with Crippen LogP contribution in [0, 0.1) is 13.8 Å². The average molecular weight is 304 g/mol. The lowest BCUT2D eigenvalue weighted by molar-refractivity contribution is 0.392. The first kappa shape index (κ1) is 16.1. The summed E-state index contributed by atoms with van der Waals surface area (Å²) >= 11 is 1.83. The molecule has 1 heterocycles. The van der Waals surface area contributed by atoms with Crippen molar-refractivity contribution in [1.82, 2.24) is 10.5 Å². The number of nitrogens with zero attached hydrogens (tertiary/aromatic N) is 1. The van der Waals surface area contributed by atoms with E-state index < -0.39 is 0 Å². The van der Waals surface area contributed by atoms with E-state index in [4.69, 9.17) is 4.52 Å². The molecular weight excluding hydrogens is 280 g/mol. The van der Waals surface area contributed by atoms with Gasteiger partial charge in [-0.25, -0.2) is 0 Å². The molecule has 1 atom stereocenters. The third-order valence-corrected chi connectivity index (χ3v) is 4.64. The third kappa shape index (κ3) is 4.35. The molecule has 0 saturated heterocycles. The zero-order valence-electron chi connectivity index (χ0n) is 13.3. The first-order chi connectivity index (χ1) is 10.1. The minimum absolute atomic E-state index is 0.393. The lowest BCUT2D eigenvalue weighted by Crippen LogP contribution is -2.19. The van der Waals surface area contributed by atoms with Crippen molar-refractivity contribution in [3.63, 3.8) is 0 Å². The fourth-order valence-corrected chi connectivity index (χ4v) is 3.33. The fourth-order valence-electron chi connectivity index (χ4n) is 2.22. The predicted octanol–water partition coefficient (Wildman–Crippen LogP) is 4.64. The number of aryl methyl sites for hydroxylation is 2. The van der Waals surface area contributed by atoms with E-state index in [0.29, 0.717) is 6.04 Å². The fraction of sp³-hybridized carbons (Fsp3) is 0.471. The van der Waals surface area contributed by atoms with E-state index in [1.54, 1.807) is 0 Å². The Bertz CT molecular complexity index is 560. The highest BCUT2D eigenvalue weighted by Gasteiger charge is 2.10. The topological polar surface area (TPSA) is 38.1 Å². The molecule has 0 aliphatic carbocycles. The van der Waals surface area contributed by atoms with Crippen LogP contribution in [0.2, 0.25) is 0 Å². The molecule has 0 spiro atoms. The molecule has 1 N–H and O–H groups in total. The summed E-state index contributed by atoms with van der Waals surface area (Å²) in [6.07, 6.45) is 1.16. The van der Waals surface area contributed by atoms with Crippen LogP contribution >= 0.6 is 11.8 Å². The largest absolute Gasteiger partial charge is 0.361 e. The van der Waals surface area contributed by atoms with Gasteiger partial charge in [-0.3, -0.25) is 0 Å². The third-order valence-electron chi connectivity index (χ3n) is 3.62. The molecule has 2 rings (SSSR count). The van der Waals surface area contributed by atoms with Gasteiger partial charge in [-0.2, -0.15) is 0 Å². The summed E-state index contributed by atoms with van der Waals surface area (Å²) in [6.45, 7) is 9.43. The monoisotopic (exact) mass is 304 g/mol. The summed E-state index contributed by atoms with van der Waals surface area (Å²) in [5.41, 5.74) is 3.55. The lowest BCUT2D eigenvalue weighted by Gasteiger charge is -2.14. The van der Waals surface area contributed by atoms with Crippen LogP contribution < -0.4 is 5.32 Å². The van der Waals surface area contributed by atoms with E-state index in [9.17, 15) is 0 Å². The number of aromatic nitrogens is 1. The SMILES string of the molecule is CCCNC(C)c1cccc(SCc2c(C)noc2C)c1. The smallest absolute Gasteiger partial charge is 0.137 e. The Kier molecular flexibility index (Phi) is 5.88. The summed E-state index contributed by atoms with van der Waals surface area (Å²) < 4.78 is 5.22. The van der Waals surface area contributed by atoms with Gasteiger partial charge in [-0.05, 0) is 51.4 Å². The van der Waals surface area contributed by atoms with Crippen molar-refractivity contribution in [3.8, 4) is 0 Å². The molecule has 21 heavy (non-hydrogen) atoms. The Morgan fingerprint density at radius 2 is 2.14 bits per heavy atom. The average Bonchev–Trinajstić information content (AvgIpc) is 2.82. The van der Waals surface area contributed by atoms with Crippen LogP contribution in [0.5, 0.6) is 0 Å². The van der Waals surface area contributed by atoms with Crippen LogP contribution in [0.25, 0.3) is 0 Å². The molecule has 1 aromatic heterocycles. The molecule has 1 aromatic carbocycles. The summed E-state index contributed by atoms with van der Waals surface area (Å²) in [5.74, 6) is 1.83. The van der Waals surface area contributed by atoms with Crippen molar-refractivity contribution in [2.75, 3.05) is 6.54 Å². The van der Waals surface area contributed by atoms with Crippen LogP contribution in [0.4, 0.5) is 0 Å². The second-order valence-electron chi connectivity index (χ2n) is 5.34. The number of nitrogens with one attached hydrogen (secondary N) is 1. The van der Waals surface area contributed by atoms with Gasteiger partial charge in [0.15, 0.2) is 0 Å². The number of hydrogen-bond acceptors (Lipinski definition) is 4. The van der Waals surface area contributed by atoms with Crippen LogP contribution in [0.3, 0.4) is 0 Å². The van der Waals surface area contributed by atoms with E-state index in [1.807, 2.05) is 25.6 Å². The summed E-state index contributed by atoms with van der Waals surface area (Å²) in [5, 5.41) is 7.54. The summed E-state index contributed by atoms with van der Waals surface area (Å²) in [4.78, 5) is 1.29. The molecule has 0 bridgehead atoms. The maximum Gasteiger partial charge on any atom is 0.137 e. The molecule has 0 aliphatic rings. The first-order valence-electron chi connectivity index (χ1n) is 7.49. The Balaban J connectivity index is 2.01.